The van der Waals surface area contributed by atoms with Gasteiger partial charge in [0.25, 0.3) is 5.91 Å². The summed E-state index contributed by atoms with van der Waals surface area (Å²) in [5.74, 6) is 1.07. The van der Waals surface area contributed by atoms with Crippen LogP contribution in [0.4, 0.5) is 5.95 Å². The number of hydrogen-bond acceptors (Lipinski definition) is 4. The number of methoxy groups -OCH3 is 1. The smallest absolute Gasteiger partial charge is 0.260 e. The Labute approximate surface area is 140 Å². The molecule has 0 atom stereocenters. The van der Waals surface area contributed by atoms with E-state index in [2.05, 4.69) is 38.9 Å². The fourth-order valence-electron chi connectivity index (χ4n) is 2.69. The summed E-state index contributed by atoms with van der Waals surface area (Å²) in [4.78, 5) is 16.8. The van der Waals surface area contributed by atoms with Crippen LogP contribution in [0.3, 0.4) is 0 Å². The van der Waals surface area contributed by atoms with E-state index in [9.17, 15) is 4.79 Å². The average molecular weight is 327 g/mol. The number of benzene rings is 1. The number of carbonyl (C=O) groups excluding carboxylic acids is 1. The first-order valence-corrected chi connectivity index (χ1v) is 7.88. The third-order valence-electron chi connectivity index (χ3n) is 3.63. The Bertz CT molecular complexity index is 850. The largest absolute Gasteiger partial charge is 0.377 e. The molecule has 0 radical (unpaired) electrons. The molecule has 24 heavy (non-hydrogen) atoms. The lowest BCUT2D eigenvalue weighted by Gasteiger charge is -2.07. The zero-order valence-corrected chi connectivity index (χ0v) is 14.0. The second-order valence-electron chi connectivity index (χ2n) is 6.10. The molecule has 0 fully saturated rings. The van der Waals surface area contributed by atoms with E-state index in [1.807, 2.05) is 30.5 Å². The van der Waals surface area contributed by atoms with Crippen LogP contribution in [-0.4, -0.2) is 32.8 Å². The van der Waals surface area contributed by atoms with E-state index >= 15 is 0 Å². The van der Waals surface area contributed by atoms with Crippen molar-refractivity contribution in [3.05, 3.63) is 41.9 Å². The maximum atomic E-state index is 12.6. The van der Waals surface area contributed by atoms with Gasteiger partial charge in [-0.1, -0.05) is 32.0 Å². The zero-order chi connectivity index (χ0) is 17.1. The highest BCUT2D eigenvalue weighted by molar-refractivity contribution is 6.12. The summed E-state index contributed by atoms with van der Waals surface area (Å²) in [6, 6.07) is 7.89. The van der Waals surface area contributed by atoms with Crippen molar-refractivity contribution in [3.8, 4) is 0 Å². The number of fused-ring (bicyclic) bond motifs is 1. The van der Waals surface area contributed by atoms with Gasteiger partial charge >= 0.3 is 0 Å². The number of nitrogens with one attached hydrogen (secondary N) is 2. The molecule has 1 amide bonds. The van der Waals surface area contributed by atoms with Crippen molar-refractivity contribution in [3.63, 3.8) is 0 Å². The number of H-pyrrole nitrogens is 1. The van der Waals surface area contributed by atoms with Crippen LogP contribution in [0.15, 0.2) is 30.5 Å². The predicted octanol–water partition coefficient (Wildman–Crippen LogP) is 2.81. The summed E-state index contributed by atoms with van der Waals surface area (Å²) in [5, 5.41) is 10.4. The number of aromatic amines is 1. The van der Waals surface area contributed by atoms with Crippen LogP contribution < -0.4 is 5.32 Å². The minimum Gasteiger partial charge on any atom is -0.377 e. The standard InChI is InChI=1S/C17H21N5O2/c1-11(2)8-22-9-13(12-6-4-5-7-14(12)22)16(23)19-17-18-15(10-24-3)20-21-17/h4-7,9,11H,8,10H2,1-3H3,(H2,18,19,20,21,23). The van der Waals surface area contributed by atoms with Gasteiger partial charge in [0.05, 0.1) is 5.56 Å². The number of ether oxygens (including phenoxy) is 1. The van der Waals surface area contributed by atoms with Gasteiger partial charge in [-0.25, -0.2) is 0 Å². The van der Waals surface area contributed by atoms with Gasteiger partial charge in [0.2, 0.25) is 5.95 Å². The van der Waals surface area contributed by atoms with Crippen molar-refractivity contribution >= 4 is 22.8 Å². The van der Waals surface area contributed by atoms with E-state index in [1.54, 1.807) is 7.11 Å². The summed E-state index contributed by atoms with van der Waals surface area (Å²) in [7, 11) is 1.57. The Kier molecular flexibility index (Phi) is 4.61. The molecule has 7 nitrogen and oxygen atoms in total. The van der Waals surface area contributed by atoms with Gasteiger partial charge in [0, 0.05) is 30.8 Å². The Morgan fingerprint density at radius 1 is 1.38 bits per heavy atom. The van der Waals surface area contributed by atoms with Crippen LogP contribution in [0.5, 0.6) is 0 Å². The molecule has 0 bridgehead atoms. The molecule has 7 heteroatoms. The molecular weight excluding hydrogens is 306 g/mol. The van der Waals surface area contributed by atoms with Gasteiger partial charge in [0.15, 0.2) is 5.82 Å². The molecular formula is C17H21N5O2. The van der Waals surface area contributed by atoms with Gasteiger partial charge in [0.1, 0.15) is 6.61 Å². The SMILES string of the molecule is COCc1nc(NC(=O)c2cn(CC(C)C)c3ccccc23)n[nH]1. The average Bonchev–Trinajstić information content (AvgIpc) is 3.13. The minimum absolute atomic E-state index is 0.225. The quantitative estimate of drug-likeness (QED) is 0.729. The Balaban J connectivity index is 1.88. The molecule has 3 aromatic rings. The minimum atomic E-state index is -0.225. The van der Waals surface area contributed by atoms with Gasteiger partial charge in [-0.05, 0) is 12.0 Å². The van der Waals surface area contributed by atoms with Crippen molar-refractivity contribution in [1.82, 2.24) is 19.7 Å². The molecule has 2 N–H and O–H groups in total. The number of carbonyl (C=O) groups is 1. The highest BCUT2D eigenvalue weighted by Gasteiger charge is 2.17. The third kappa shape index (κ3) is 3.30. The van der Waals surface area contributed by atoms with Crippen LogP contribution in [0.2, 0.25) is 0 Å². The number of aromatic nitrogens is 4. The van der Waals surface area contributed by atoms with Crippen molar-refractivity contribution in [1.29, 1.82) is 0 Å². The van der Waals surface area contributed by atoms with Crippen molar-refractivity contribution in [2.45, 2.75) is 27.0 Å². The lowest BCUT2D eigenvalue weighted by molar-refractivity contribution is 0.102. The molecule has 0 saturated heterocycles. The topological polar surface area (TPSA) is 84.8 Å². The summed E-state index contributed by atoms with van der Waals surface area (Å²) in [5.41, 5.74) is 1.66. The second-order valence-corrected chi connectivity index (χ2v) is 6.10. The molecule has 2 heterocycles. The first-order chi connectivity index (χ1) is 11.6. The van der Waals surface area contributed by atoms with Crippen LogP contribution in [0.1, 0.15) is 30.0 Å². The first kappa shape index (κ1) is 16.2. The molecule has 0 unspecified atom stereocenters. The molecule has 0 aliphatic heterocycles. The van der Waals surface area contributed by atoms with E-state index < -0.39 is 0 Å². The molecule has 0 aliphatic rings. The summed E-state index contributed by atoms with van der Waals surface area (Å²) in [6.07, 6.45) is 1.89. The number of hydrogen-bond donors (Lipinski definition) is 2. The number of para-hydroxylation sites is 1. The van der Waals surface area contributed by atoms with E-state index in [0.717, 1.165) is 17.4 Å². The number of rotatable bonds is 6. The lowest BCUT2D eigenvalue weighted by atomic mass is 10.1. The van der Waals surface area contributed by atoms with Gasteiger partial charge in [-0.3, -0.25) is 15.2 Å². The fourth-order valence-corrected chi connectivity index (χ4v) is 2.69. The van der Waals surface area contributed by atoms with Crippen LogP contribution in [0.25, 0.3) is 10.9 Å². The van der Waals surface area contributed by atoms with Crippen LogP contribution in [0, 0.1) is 5.92 Å². The zero-order valence-electron chi connectivity index (χ0n) is 14.0. The predicted molar refractivity (Wildman–Crippen MR) is 91.8 cm³/mol. The Morgan fingerprint density at radius 2 is 2.17 bits per heavy atom. The highest BCUT2D eigenvalue weighted by Crippen LogP contribution is 2.23. The number of anilines is 1. The normalized spacial score (nSPS) is 11.3. The summed E-state index contributed by atoms with van der Waals surface area (Å²) in [6.45, 7) is 5.47. The molecule has 0 spiro atoms. The van der Waals surface area contributed by atoms with E-state index in [4.69, 9.17) is 4.74 Å². The second kappa shape index (κ2) is 6.84. The molecule has 0 aliphatic carbocycles. The molecule has 126 valence electrons. The van der Waals surface area contributed by atoms with E-state index in [1.165, 1.54) is 0 Å². The fraction of sp³-hybridized carbons (Fsp3) is 0.353. The monoisotopic (exact) mass is 327 g/mol. The summed E-state index contributed by atoms with van der Waals surface area (Å²) < 4.78 is 7.09. The molecule has 0 saturated carbocycles. The lowest BCUT2D eigenvalue weighted by Crippen LogP contribution is -2.13. The van der Waals surface area contributed by atoms with Crippen molar-refractivity contribution in [2.75, 3.05) is 12.4 Å². The third-order valence-corrected chi connectivity index (χ3v) is 3.63. The molecule has 3 rings (SSSR count). The number of amides is 1. The van der Waals surface area contributed by atoms with Gasteiger partial charge in [-0.15, -0.1) is 5.10 Å². The molecule has 2 aromatic heterocycles. The first-order valence-electron chi connectivity index (χ1n) is 7.88. The summed E-state index contributed by atoms with van der Waals surface area (Å²) >= 11 is 0. The maximum Gasteiger partial charge on any atom is 0.260 e. The van der Waals surface area contributed by atoms with Gasteiger partial charge < -0.3 is 9.30 Å². The maximum absolute atomic E-state index is 12.6. The molecule has 1 aromatic carbocycles. The van der Waals surface area contributed by atoms with Crippen molar-refractivity contribution in [2.24, 2.45) is 5.92 Å². The Hall–Kier alpha value is -2.67. The van der Waals surface area contributed by atoms with Crippen molar-refractivity contribution < 1.29 is 9.53 Å². The van der Waals surface area contributed by atoms with Crippen LogP contribution >= 0.6 is 0 Å². The van der Waals surface area contributed by atoms with Gasteiger partial charge in [-0.2, -0.15) is 4.98 Å². The van der Waals surface area contributed by atoms with E-state index in [-0.39, 0.29) is 11.9 Å². The van der Waals surface area contributed by atoms with Crippen LogP contribution in [-0.2, 0) is 17.9 Å². The number of nitrogens with zero attached hydrogens (tertiary/aromatic N) is 3. The Morgan fingerprint density at radius 3 is 2.92 bits per heavy atom. The highest BCUT2D eigenvalue weighted by atomic mass is 16.5. The van der Waals surface area contributed by atoms with E-state index in [0.29, 0.717) is 23.9 Å².